The van der Waals surface area contributed by atoms with Gasteiger partial charge in [0.2, 0.25) is 3.79 Å². The first-order valence-corrected chi connectivity index (χ1v) is 6.62. The van der Waals surface area contributed by atoms with E-state index >= 15 is 0 Å². The molecule has 98 valence electrons. The maximum Gasteiger partial charge on any atom is 0.249 e. The maximum atomic E-state index is 11.9. The van der Waals surface area contributed by atoms with Gasteiger partial charge in [0.15, 0.2) is 5.78 Å². The summed E-state index contributed by atoms with van der Waals surface area (Å²) in [6.45, 7) is 0. The standard InChI is InChI=1S/C14H9Cl3O2/c15-14(16,17)13(19)12(8-18)11-6-5-9-3-1-2-4-10(9)7-11/h1-8,12H. The van der Waals surface area contributed by atoms with Crippen molar-refractivity contribution >= 4 is 57.6 Å². The molecule has 1 unspecified atom stereocenters. The molecule has 2 rings (SSSR count). The van der Waals surface area contributed by atoms with Gasteiger partial charge in [-0.2, -0.15) is 0 Å². The lowest BCUT2D eigenvalue weighted by Gasteiger charge is -2.15. The number of carbonyl (C=O) groups is 2. The van der Waals surface area contributed by atoms with Gasteiger partial charge in [0.25, 0.3) is 0 Å². The van der Waals surface area contributed by atoms with Gasteiger partial charge in [-0.3, -0.25) is 4.79 Å². The van der Waals surface area contributed by atoms with Crippen molar-refractivity contribution in [3.63, 3.8) is 0 Å². The Labute approximate surface area is 125 Å². The Morgan fingerprint density at radius 2 is 1.68 bits per heavy atom. The van der Waals surface area contributed by atoms with Crippen LogP contribution in [0.4, 0.5) is 0 Å². The van der Waals surface area contributed by atoms with Crippen molar-refractivity contribution < 1.29 is 9.59 Å². The lowest BCUT2D eigenvalue weighted by atomic mass is 9.94. The number of ketones is 1. The molecule has 0 saturated carbocycles. The molecule has 0 N–H and O–H groups in total. The van der Waals surface area contributed by atoms with E-state index in [9.17, 15) is 9.59 Å². The molecule has 2 aromatic carbocycles. The Kier molecular flexibility index (Phi) is 4.14. The van der Waals surface area contributed by atoms with Crippen LogP contribution in [0.1, 0.15) is 11.5 Å². The highest BCUT2D eigenvalue weighted by atomic mass is 35.6. The van der Waals surface area contributed by atoms with Gasteiger partial charge in [0.05, 0.1) is 0 Å². The average molecular weight is 316 g/mol. The van der Waals surface area contributed by atoms with Crippen LogP contribution in [-0.2, 0) is 9.59 Å². The highest BCUT2D eigenvalue weighted by molar-refractivity contribution is 6.77. The van der Waals surface area contributed by atoms with E-state index in [1.807, 2.05) is 30.3 Å². The fourth-order valence-corrected chi connectivity index (χ4v) is 2.22. The Balaban J connectivity index is 2.47. The molecule has 0 aromatic heterocycles. The molecule has 0 radical (unpaired) electrons. The summed E-state index contributed by atoms with van der Waals surface area (Å²) >= 11 is 16.6. The molecule has 0 aliphatic rings. The first-order chi connectivity index (χ1) is 8.93. The monoisotopic (exact) mass is 314 g/mol. The zero-order chi connectivity index (χ0) is 14.0. The van der Waals surface area contributed by atoms with Crippen molar-refractivity contribution in [3.05, 3.63) is 48.0 Å². The minimum Gasteiger partial charge on any atom is -0.302 e. The molecule has 5 heteroatoms. The second-order valence-electron chi connectivity index (χ2n) is 4.08. The van der Waals surface area contributed by atoms with Crippen LogP contribution in [0.3, 0.4) is 0 Å². The molecule has 0 aliphatic carbocycles. The van der Waals surface area contributed by atoms with E-state index in [1.54, 1.807) is 12.1 Å². The van der Waals surface area contributed by atoms with Crippen LogP contribution >= 0.6 is 34.8 Å². The number of benzene rings is 2. The van der Waals surface area contributed by atoms with Gasteiger partial charge in [-0.05, 0) is 22.4 Å². The topological polar surface area (TPSA) is 34.1 Å². The van der Waals surface area contributed by atoms with E-state index < -0.39 is 15.5 Å². The summed E-state index contributed by atoms with van der Waals surface area (Å²) in [5.41, 5.74) is 0.519. The van der Waals surface area contributed by atoms with Gasteiger partial charge in [-0.1, -0.05) is 71.2 Å². The number of alkyl halides is 3. The molecule has 0 spiro atoms. The van der Waals surface area contributed by atoms with E-state index in [0.29, 0.717) is 11.8 Å². The van der Waals surface area contributed by atoms with Crippen molar-refractivity contribution in [3.8, 4) is 0 Å². The lowest BCUT2D eigenvalue weighted by molar-refractivity contribution is -0.123. The van der Waals surface area contributed by atoms with Gasteiger partial charge in [-0.25, -0.2) is 0 Å². The Morgan fingerprint density at radius 3 is 2.26 bits per heavy atom. The zero-order valence-corrected chi connectivity index (χ0v) is 11.9. The largest absolute Gasteiger partial charge is 0.302 e. The zero-order valence-electron chi connectivity index (χ0n) is 9.65. The van der Waals surface area contributed by atoms with Crippen molar-refractivity contribution in [1.29, 1.82) is 0 Å². The van der Waals surface area contributed by atoms with Crippen LogP contribution in [0.15, 0.2) is 42.5 Å². The number of hydrogen-bond acceptors (Lipinski definition) is 2. The normalized spacial score (nSPS) is 13.2. The minimum absolute atomic E-state index is 0.494. The van der Waals surface area contributed by atoms with E-state index in [2.05, 4.69) is 0 Å². The molecule has 0 bridgehead atoms. The number of halogens is 3. The predicted octanol–water partition coefficient (Wildman–Crippen LogP) is 4.06. The van der Waals surface area contributed by atoms with Gasteiger partial charge in [0, 0.05) is 0 Å². The summed E-state index contributed by atoms with van der Waals surface area (Å²) in [5, 5.41) is 1.93. The van der Waals surface area contributed by atoms with Crippen molar-refractivity contribution in [2.45, 2.75) is 9.71 Å². The molecular weight excluding hydrogens is 307 g/mol. The molecule has 0 fully saturated rings. The van der Waals surface area contributed by atoms with E-state index in [4.69, 9.17) is 34.8 Å². The number of hydrogen-bond donors (Lipinski definition) is 0. The van der Waals surface area contributed by atoms with Crippen LogP contribution in [0, 0.1) is 0 Å². The fraction of sp³-hybridized carbons (Fsp3) is 0.143. The summed E-state index contributed by atoms with van der Waals surface area (Å²) in [5.74, 6) is -1.82. The van der Waals surface area contributed by atoms with E-state index in [-0.39, 0.29) is 0 Å². The minimum atomic E-state index is -2.10. The van der Waals surface area contributed by atoms with Crippen molar-refractivity contribution in [1.82, 2.24) is 0 Å². The molecule has 0 aliphatic heterocycles. The summed E-state index contributed by atoms with van der Waals surface area (Å²) in [7, 11) is 0. The predicted molar refractivity (Wildman–Crippen MR) is 78.1 cm³/mol. The van der Waals surface area contributed by atoms with Crippen LogP contribution in [-0.4, -0.2) is 15.9 Å². The lowest BCUT2D eigenvalue weighted by Crippen LogP contribution is -2.27. The van der Waals surface area contributed by atoms with Gasteiger partial charge >= 0.3 is 0 Å². The second-order valence-corrected chi connectivity index (χ2v) is 6.36. The first kappa shape index (κ1) is 14.3. The Morgan fingerprint density at radius 1 is 1.05 bits per heavy atom. The third kappa shape index (κ3) is 3.08. The number of aldehydes is 1. The molecule has 2 nitrogen and oxygen atoms in total. The molecular formula is C14H9Cl3O2. The van der Waals surface area contributed by atoms with Gasteiger partial charge in [-0.15, -0.1) is 0 Å². The number of rotatable bonds is 3. The Bertz CT molecular complexity index is 632. The van der Waals surface area contributed by atoms with Crippen molar-refractivity contribution in [2.24, 2.45) is 0 Å². The SMILES string of the molecule is O=CC(C(=O)C(Cl)(Cl)Cl)c1ccc2ccccc2c1. The van der Waals surface area contributed by atoms with E-state index in [0.717, 1.165) is 10.8 Å². The number of Topliss-reactive ketones (excluding diaryl/α,β-unsaturated/α-hetero) is 1. The third-order valence-electron chi connectivity index (χ3n) is 2.83. The highest BCUT2D eigenvalue weighted by Gasteiger charge is 2.37. The molecule has 0 saturated heterocycles. The summed E-state index contributed by atoms with van der Waals surface area (Å²) < 4.78 is -2.10. The van der Waals surface area contributed by atoms with E-state index in [1.165, 1.54) is 0 Å². The van der Waals surface area contributed by atoms with Crippen molar-refractivity contribution in [2.75, 3.05) is 0 Å². The molecule has 0 heterocycles. The molecule has 2 aromatic rings. The summed E-state index contributed by atoms with van der Waals surface area (Å²) in [6, 6.07) is 12.9. The quantitative estimate of drug-likeness (QED) is 0.486. The molecule has 19 heavy (non-hydrogen) atoms. The van der Waals surface area contributed by atoms with Crippen LogP contribution in [0.5, 0.6) is 0 Å². The fourth-order valence-electron chi connectivity index (χ4n) is 1.87. The highest BCUT2D eigenvalue weighted by Crippen LogP contribution is 2.34. The summed E-state index contributed by atoms with van der Waals surface area (Å²) in [6.07, 6.45) is 0.494. The van der Waals surface area contributed by atoms with Crippen LogP contribution < -0.4 is 0 Å². The number of carbonyl (C=O) groups excluding carboxylic acids is 2. The first-order valence-electron chi connectivity index (χ1n) is 5.48. The Hall–Kier alpha value is -1.09. The summed E-state index contributed by atoms with van der Waals surface area (Å²) in [4.78, 5) is 23.0. The number of fused-ring (bicyclic) bond motifs is 1. The van der Waals surface area contributed by atoms with Crippen LogP contribution in [0.25, 0.3) is 10.8 Å². The van der Waals surface area contributed by atoms with Crippen LogP contribution in [0.2, 0.25) is 0 Å². The third-order valence-corrected chi connectivity index (χ3v) is 3.39. The van der Waals surface area contributed by atoms with Gasteiger partial charge < -0.3 is 4.79 Å². The molecule has 1 atom stereocenters. The smallest absolute Gasteiger partial charge is 0.249 e. The maximum absolute atomic E-state index is 11.9. The molecule has 0 amide bonds. The second kappa shape index (κ2) is 5.49. The van der Waals surface area contributed by atoms with Gasteiger partial charge in [0.1, 0.15) is 12.2 Å². The average Bonchev–Trinajstić information content (AvgIpc) is 2.38.